The first-order valence-corrected chi connectivity index (χ1v) is 6.02. The molecule has 0 saturated carbocycles. The third-order valence-corrected chi connectivity index (χ3v) is 3.25. The Hall–Kier alpha value is -1.09. The number of piperidine rings is 1. The van der Waals surface area contributed by atoms with Gasteiger partial charge in [0, 0.05) is 19.3 Å². The molecule has 0 radical (unpaired) electrons. The third kappa shape index (κ3) is 2.35. The molecule has 1 fully saturated rings. The van der Waals surface area contributed by atoms with Crippen LogP contribution in [0.4, 0.5) is 5.82 Å². The molecule has 1 aromatic heterocycles. The first-order valence-electron chi connectivity index (χ1n) is 6.02. The molecule has 2 rings (SSSR count). The molecule has 0 aromatic carbocycles. The first kappa shape index (κ1) is 11.4. The van der Waals surface area contributed by atoms with E-state index < -0.39 is 0 Å². The number of aryl methyl sites for hydroxylation is 1. The van der Waals surface area contributed by atoms with Gasteiger partial charge in [0.25, 0.3) is 0 Å². The van der Waals surface area contributed by atoms with Crippen molar-refractivity contribution in [3.63, 3.8) is 0 Å². The van der Waals surface area contributed by atoms with Gasteiger partial charge >= 0.3 is 0 Å². The van der Waals surface area contributed by atoms with Gasteiger partial charge in [-0.15, -0.1) is 0 Å². The molecule has 16 heavy (non-hydrogen) atoms. The Morgan fingerprint density at radius 1 is 1.56 bits per heavy atom. The van der Waals surface area contributed by atoms with Gasteiger partial charge in [0.15, 0.2) is 0 Å². The van der Waals surface area contributed by atoms with Crippen LogP contribution in [0.15, 0.2) is 12.3 Å². The maximum atomic E-state index is 9.05. The Bertz CT molecular complexity index is 365. The zero-order valence-corrected chi connectivity index (χ0v) is 10.1. The highest BCUT2D eigenvalue weighted by atomic mass is 16.3. The Morgan fingerprint density at radius 3 is 3.00 bits per heavy atom. The Kier molecular flexibility index (Phi) is 3.44. The highest BCUT2D eigenvalue weighted by molar-refractivity contribution is 5.47. The molecular formula is C13H20N2O. The van der Waals surface area contributed by atoms with E-state index in [1.54, 1.807) is 6.20 Å². The van der Waals surface area contributed by atoms with E-state index in [-0.39, 0.29) is 6.61 Å². The largest absolute Gasteiger partial charge is 0.392 e. The number of aliphatic hydroxyl groups is 1. The number of rotatable bonds is 2. The van der Waals surface area contributed by atoms with E-state index >= 15 is 0 Å². The van der Waals surface area contributed by atoms with E-state index in [0.29, 0.717) is 0 Å². The predicted molar refractivity (Wildman–Crippen MR) is 65.5 cm³/mol. The smallest absolute Gasteiger partial charge is 0.131 e. The number of aromatic nitrogens is 1. The van der Waals surface area contributed by atoms with Crippen LogP contribution in [0, 0.1) is 12.8 Å². The SMILES string of the molecule is Cc1cc(CO)cnc1N1CCCC(C)C1. The Morgan fingerprint density at radius 2 is 2.38 bits per heavy atom. The number of pyridine rings is 1. The van der Waals surface area contributed by atoms with Gasteiger partial charge in [0.1, 0.15) is 5.82 Å². The number of hydrogen-bond acceptors (Lipinski definition) is 3. The van der Waals surface area contributed by atoms with Gasteiger partial charge in [-0.1, -0.05) is 6.92 Å². The zero-order chi connectivity index (χ0) is 11.5. The molecule has 1 aliphatic rings. The summed E-state index contributed by atoms with van der Waals surface area (Å²) in [6.45, 7) is 6.65. The van der Waals surface area contributed by atoms with Crippen LogP contribution in [0.5, 0.6) is 0 Å². The van der Waals surface area contributed by atoms with Crippen LogP contribution in [0.2, 0.25) is 0 Å². The Balaban J connectivity index is 2.19. The van der Waals surface area contributed by atoms with Gasteiger partial charge in [0.2, 0.25) is 0 Å². The van der Waals surface area contributed by atoms with Crippen molar-refractivity contribution in [2.75, 3.05) is 18.0 Å². The topological polar surface area (TPSA) is 36.4 Å². The van der Waals surface area contributed by atoms with E-state index in [1.807, 2.05) is 6.07 Å². The fraction of sp³-hybridized carbons (Fsp3) is 0.615. The summed E-state index contributed by atoms with van der Waals surface area (Å²) in [7, 11) is 0. The molecule has 0 bridgehead atoms. The number of hydrogen-bond donors (Lipinski definition) is 1. The summed E-state index contributed by atoms with van der Waals surface area (Å²) in [4.78, 5) is 6.84. The van der Waals surface area contributed by atoms with E-state index in [0.717, 1.165) is 30.4 Å². The van der Waals surface area contributed by atoms with Gasteiger partial charge in [-0.2, -0.15) is 0 Å². The summed E-state index contributed by atoms with van der Waals surface area (Å²) in [6.07, 6.45) is 4.36. The molecule has 1 N–H and O–H groups in total. The predicted octanol–water partition coefficient (Wildman–Crippen LogP) is 2.12. The second-order valence-corrected chi connectivity index (χ2v) is 4.84. The van der Waals surface area contributed by atoms with Crippen LogP contribution in [0.1, 0.15) is 30.9 Å². The molecule has 1 aromatic rings. The van der Waals surface area contributed by atoms with Gasteiger partial charge in [-0.05, 0) is 42.9 Å². The summed E-state index contributed by atoms with van der Waals surface area (Å²) < 4.78 is 0. The van der Waals surface area contributed by atoms with Crippen molar-refractivity contribution in [3.05, 3.63) is 23.4 Å². The molecule has 1 saturated heterocycles. The molecule has 1 unspecified atom stereocenters. The lowest BCUT2D eigenvalue weighted by Gasteiger charge is -2.32. The number of aliphatic hydroxyl groups excluding tert-OH is 1. The highest BCUT2D eigenvalue weighted by Crippen LogP contribution is 2.24. The number of nitrogens with zero attached hydrogens (tertiary/aromatic N) is 2. The Labute approximate surface area is 97.1 Å². The molecule has 3 heteroatoms. The molecule has 0 amide bonds. The van der Waals surface area contributed by atoms with E-state index in [2.05, 4.69) is 23.7 Å². The third-order valence-electron chi connectivity index (χ3n) is 3.25. The fourth-order valence-corrected chi connectivity index (χ4v) is 2.43. The minimum Gasteiger partial charge on any atom is -0.392 e. The average molecular weight is 220 g/mol. The minimum atomic E-state index is 0.0739. The summed E-state index contributed by atoms with van der Waals surface area (Å²) in [5.74, 6) is 1.84. The molecular weight excluding hydrogens is 200 g/mol. The van der Waals surface area contributed by atoms with Crippen molar-refractivity contribution in [1.29, 1.82) is 0 Å². The average Bonchev–Trinajstić information content (AvgIpc) is 2.28. The molecule has 3 nitrogen and oxygen atoms in total. The van der Waals surface area contributed by atoms with Crippen LogP contribution in [-0.4, -0.2) is 23.2 Å². The lowest BCUT2D eigenvalue weighted by Crippen LogP contribution is -2.35. The second kappa shape index (κ2) is 4.83. The monoisotopic (exact) mass is 220 g/mol. The first-order chi connectivity index (χ1) is 7.70. The van der Waals surface area contributed by atoms with Crippen molar-refractivity contribution >= 4 is 5.82 Å². The molecule has 0 spiro atoms. The normalized spacial score (nSPS) is 21.2. The molecule has 1 aliphatic heterocycles. The fourth-order valence-electron chi connectivity index (χ4n) is 2.43. The summed E-state index contributed by atoms with van der Waals surface area (Å²) in [5.41, 5.74) is 2.06. The summed E-state index contributed by atoms with van der Waals surface area (Å²) >= 11 is 0. The second-order valence-electron chi connectivity index (χ2n) is 4.84. The molecule has 0 aliphatic carbocycles. The van der Waals surface area contributed by atoms with Crippen molar-refractivity contribution in [2.45, 2.75) is 33.3 Å². The van der Waals surface area contributed by atoms with Crippen LogP contribution in [0.25, 0.3) is 0 Å². The maximum absolute atomic E-state index is 9.05. The molecule has 1 atom stereocenters. The molecule has 88 valence electrons. The van der Waals surface area contributed by atoms with Gasteiger partial charge in [-0.25, -0.2) is 4.98 Å². The van der Waals surface area contributed by atoms with E-state index in [9.17, 15) is 0 Å². The minimum absolute atomic E-state index is 0.0739. The van der Waals surface area contributed by atoms with Crippen LogP contribution < -0.4 is 4.90 Å². The highest BCUT2D eigenvalue weighted by Gasteiger charge is 2.18. The molecule has 2 heterocycles. The number of anilines is 1. The maximum Gasteiger partial charge on any atom is 0.131 e. The van der Waals surface area contributed by atoms with Gasteiger partial charge in [0.05, 0.1) is 6.61 Å². The summed E-state index contributed by atoms with van der Waals surface area (Å²) in [5, 5.41) is 9.05. The van der Waals surface area contributed by atoms with Crippen LogP contribution in [0.3, 0.4) is 0 Å². The lowest BCUT2D eigenvalue weighted by atomic mass is 10.00. The van der Waals surface area contributed by atoms with Crippen LogP contribution >= 0.6 is 0 Å². The van der Waals surface area contributed by atoms with Crippen molar-refractivity contribution in [3.8, 4) is 0 Å². The van der Waals surface area contributed by atoms with E-state index in [4.69, 9.17) is 5.11 Å². The van der Waals surface area contributed by atoms with E-state index in [1.165, 1.54) is 18.4 Å². The van der Waals surface area contributed by atoms with Gasteiger partial charge in [-0.3, -0.25) is 0 Å². The quantitative estimate of drug-likeness (QED) is 0.829. The van der Waals surface area contributed by atoms with Crippen molar-refractivity contribution < 1.29 is 5.11 Å². The lowest BCUT2D eigenvalue weighted by molar-refractivity contribution is 0.281. The van der Waals surface area contributed by atoms with Crippen LogP contribution in [-0.2, 0) is 6.61 Å². The summed E-state index contributed by atoms with van der Waals surface area (Å²) in [6, 6.07) is 2.03. The van der Waals surface area contributed by atoms with Crippen molar-refractivity contribution in [2.24, 2.45) is 5.92 Å². The zero-order valence-electron chi connectivity index (χ0n) is 10.1. The van der Waals surface area contributed by atoms with Crippen molar-refractivity contribution in [1.82, 2.24) is 4.98 Å². The van der Waals surface area contributed by atoms with Gasteiger partial charge < -0.3 is 10.0 Å². The standard InChI is InChI=1S/C13H20N2O/c1-10-4-3-5-15(8-10)13-11(2)6-12(9-16)7-14-13/h6-7,10,16H,3-5,8-9H2,1-2H3.